The Balaban J connectivity index is 1.66. The Hall–Kier alpha value is -1.78. The lowest BCUT2D eigenvalue weighted by Crippen LogP contribution is -2.24. The van der Waals surface area contributed by atoms with E-state index in [1.807, 2.05) is 24.3 Å². The lowest BCUT2D eigenvalue weighted by Gasteiger charge is -2.12. The molecule has 4 nitrogen and oxygen atoms in total. The first-order valence-corrected chi connectivity index (χ1v) is 7.27. The Bertz CT molecular complexity index is 493. The molecule has 0 saturated heterocycles. The van der Waals surface area contributed by atoms with E-state index in [0.29, 0.717) is 6.61 Å². The van der Waals surface area contributed by atoms with Gasteiger partial charge in [0.2, 0.25) is 0 Å². The third kappa shape index (κ3) is 5.25. The zero-order valence-corrected chi connectivity index (χ0v) is 12.7. The lowest BCUT2D eigenvalue weighted by atomic mass is 10.1. The van der Waals surface area contributed by atoms with Crippen molar-refractivity contribution in [2.24, 2.45) is 0 Å². The predicted octanol–water partition coefficient (Wildman–Crippen LogP) is 3.20. The molecule has 1 unspecified atom stereocenters. The van der Waals surface area contributed by atoms with Crippen LogP contribution in [0.4, 0.5) is 0 Å². The predicted molar refractivity (Wildman–Crippen MR) is 82.6 cm³/mol. The number of rotatable bonds is 9. The van der Waals surface area contributed by atoms with Crippen LogP contribution in [0.15, 0.2) is 47.1 Å². The number of methoxy groups -OCH3 is 1. The van der Waals surface area contributed by atoms with E-state index in [2.05, 4.69) is 24.4 Å². The molecule has 0 saturated carbocycles. The molecule has 0 aliphatic rings. The van der Waals surface area contributed by atoms with Crippen molar-refractivity contribution in [2.45, 2.75) is 19.4 Å². The van der Waals surface area contributed by atoms with Gasteiger partial charge in [0.1, 0.15) is 18.1 Å². The summed E-state index contributed by atoms with van der Waals surface area (Å²) in [4.78, 5) is 0. The minimum Gasteiger partial charge on any atom is -0.492 e. The highest BCUT2D eigenvalue weighted by molar-refractivity contribution is 5.27. The molecule has 1 aromatic heterocycles. The van der Waals surface area contributed by atoms with Gasteiger partial charge in [-0.25, -0.2) is 0 Å². The quantitative estimate of drug-likeness (QED) is 0.720. The molecule has 1 heterocycles. The van der Waals surface area contributed by atoms with Gasteiger partial charge in [-0.05, 0) is 43.2 Å². The number of hydrogen-bond acceptors (Lipinski definition) is 4. The summed E-state index contributed by atoms with van der Waals surface area (Å²) in [6.45, 7) is 4.22. The molecule has 2 rings (SSSR count). The van der Waals surface area contributed by atoms with Crippen LogP contribution in [0.1, 0.15) is 24.3 Å². The summed E-state index contributed by atoms with van der Waals surface area (Å²) in [7, 11) is 1.72. The maximum atomic E-state index is 5.71. The van der Waals surface area contributed by atoms with Gasteiger partial charge in [0.05, 0.1) is 18.9 Å². The van der Waals surface area contributed by atoms with Gasteiger partial charge in [0, 0.05) is 13.7 Å². The highest BCUT2D eigenvalue weighted by Gasteiger charge is 2.06. The Morgan fingerprint density at radius 3 is 2.62 bits per heavy atom. The van der Waals surface area contributed by atoms with E-state index in [9.17, 15) is 0 Å². The van der Waals surface area contributed by atoms with Gasteiger partial charge in [-0.1, -0.05) is 12.1 Å². The van der Waals surface area contributed by atoms with Gasteiger partial charge in [0.15, 0.2) is 0 Å². The zero-order chi connectivity index (χ0) is 14.9. The molecular formula is C17H23NO3. The average Bonchev–Trinajstić information content (AvgIpc) is 3.05. The summed E-state index contributed by atoms with van der Waals surface area (Å²) in [6.07, 6.45) is 2.62. The minimum atomic E-state index is 0.194. The van der Waals surface area contributed by atoms with Crippen LogP contribution in [-0.4, -0.2) is 26.9 Å². The molecule has 21 heavy (non-hydrogen) atoms. The second-order valence-electron chi connectivity index (χ2n) is 4.93. The summed E-state index contributed by atoms with van der Waals surface area (Å²) in [5, 5.41) is 3.36. The van der Waals surface area contributed by atoms with Crippen LogP contribution in [0.2, 0.25) is 0 Å². The number of nitrogens with one attached hydrogen (secondary N) is 1. The molecule has 1 N–H and O–H groups in total. The highest BCUT2D eigenvalue weighted by atomic mass is 16.5. The van der Waals surface area contributed by atoms with Crippen molar-refractivity contribution in [3.05, 3.63) is 54.0 Å². The van der Waals surface area contributed by atoms with Gasteiger partial charge >= 0.3 is 0 Å². The van der Waals surface area contributed by atoms with Crippen molar-refractivity contribution >= 4 is 0 Å². The summed E-state index contributed by atoms with van der Waals surface area (Å²) in [5.41, 5.74) is 1.26. The normalized spacial score (nSPS) is 12.3. The molecule has 0 bridgehead atoms. The summed E-state index contributed by atoms with van der Waals surface area (Å²) in [5.74, 6) is 1.83. The first-order chi connectivity index (χ1) is 10.3. The van der Waals surface area contributed by atoms with Crippen molar-refractivity contribution in [3.8, 4) is 5.75 Å². The summed E-state index contributed by atoms with van der Waals surface area (Å²) in [6, 6.07) is 12.2. The van der Waals surface area contributed by atoms with Crippen LogP contribution in [-0.2, 0) is 11.2 Å². The Morgan fingerprint density at radius 2 is 1.95 bits per heavy atom. The van der Waals surface area contributed by atoms with Gasteiger partial charge in [-0.2, -0.15) is 0 Å². The standard InChI is InChI=1S/C17H23NO3/c1-14(17-4-3-11-21-17)18-10-13-20-16-7-5-15(6-8-16)9-12-19-2/h3-8,11,14,18H,9-10,12-13H2,1-2H3. The maximum absolute atomic E-state index is 5.71. The van der Waals surface area contributed by atoms with E-state index >= 15 is 0 Å². The molecule has 4 heteroatoms. The fourth-order valence-electron chi connectivity index (χ4n) is 2.05. The van der Waals surface area contributed by atoms with Crippen LogP contribution < -0.4 is 10.1 Å². The fraction of sp³-hybridized carbons (Fsp3) is 0.412. The van der Waals surface area contributed by atoms with E-state index in [0.717, 1.165) is 31.1 Å². The second kappa shape index (κ2) is 8.49. The zero-order valence-electron chi connectivity index (χ0n) is 12.7. The Morgan fingerprint density at radius 1 is 1.14 bits per heavy atom. The largest absolute Gasteiger partial charge is 0.492 e. The molecule has 2 aromatic rings. The van der Waals surface area contributed by atoms with Gasteiger partial charge in [0.25, 0.3) is 0 Å². The van der Waals surface area contributed by atoms with Gasteiger partial charge in [-0.3, -0.25) is 0 Å². The van der Waals surface area contributed by atoms with Gasteiger partial charge < -0.3 is 19.2 Å². The fourth-order valence-corrected chi connectivity index (χ4v) is 2.05. The van der Waals surface area contributed by atoms with Crippen LogP contribution in [0.5, 0.6) is 5.75 Å². The van der Waals surface area contributed by atoms with Crippen molar-refractivity contribution < 1.29 is 13.9 Å². The number of furan rings is 1. The molecule has 0 amide bonds. The monoisotopic (exact) mass is 289 g/mol. The smallest absolute Gasteiger partial charge is 0.120 e. The lowest BCUT2D eigenvalue weighted by molar-refractivity contribution is 0.202. The SMILES string of the molecule is COCCc1ccc(OCCNC(C)c2ccco2)cc1. The van der Waals surface area contributed by atoms with E-state index < -0.39 is 0 Å². The van der Waals surface area contributed by atoms with E-state index in [4.69, 9.17) is 13.9 Å². The molecule has 114 valence electrons. The van der Waals surface area contributed by atoms with E-state index in [1.54, 1.807) is 13.4 Å². The molecule has 0 spiro atoms. The average molecular weight is 289 g/mol. The van der Waals surface area contributed by atoms with Crippen molar-refractivity contribution in [1.82, 2.24) is 5.32 Å². The van der Waals surface area contributed by atoms with E-state index in [-0.39, 0.29) is 6.04 Å². The maximum Gasteiger partial charge on any atom is 0.120 e. The first kappa shape index (κ1) is 15.6. The van der Waals surface area contributed by atoms with Crippen molar-refractivity contribution in [2.75, 3.05) is 26.9 Å². The van der Waals surface area contributed by atoms with Crippen LogP contribution in [0.25, 0.3) is 0 Å². The Kier molecular flexibility index (Phi) is 6.31. The molecule has 1 aromatic carbocycles. The number of benzene rings is 1. The highest BCUT2D eigenvalue weighted by Crippen LogP contribution is 2.13. The van der Waals surface area contributed by atoms with E-state index in [1.165, 1.54) is 5.56 Å². The third-order valence-corrected chi connectivity index (χ3v) is 3.31. The Labute approximate surface area is 126 Å². The van der Waals surface area contributed by atoms with Crippen molar-refractivity contribution in [3.63, 3.8) is 0 Å². The summed E-state index contributed by atoms with van der Waals surface area (Å²) < 4.78 is 16.1. The third-order valence-electron chi connectivity index (χ3n) is 3.31. The van der Waals surface area contributed by atoms with Crippen LogP contribution in [0.3, 0.4) is 0 Å². The van der Waals surface area contributed by atoms with Crippen LogP contribution >= 0.6 is 0 Å². The molecule has 0 radical (unpaired) electrons. The topological polar surface area (TPSA) is 43.6 Å². The molecule has 0 aliphatic heterocycles. The molecule has 1 atom stereocenters. The summed E-state index contributed by atoms with van der Waals surface area (Å²) >= 11 is 0. The number of hydrogen-bond donors (Lipinski definition) is 1. The van der Waals surface area contributed by atoms with Crippen molar-refractivity contribution in [1.29, 1.82) is 0 Å². The molecule has 0 fully saturated rings. The van der Waals surface area contributed by atoms with Gasteiger partial charge in [-0.15, -0.1) is 0 Å². The number of ether oxygens (including phenoxy) is 2. The molecular weight excluding hydrogens is 266 g/mol. The second-order valence-corrected chi connectivity index (χ2v) is 4.93. The first-order valence-electron chi connectivity index (χ1n) is 7.27. The minimum absolute atomic E-state index is 0.194. The molecule has 0 aliphatic carbocycles. The van der Waals surface area contributed by atoms with Crippen LogP contribution in [0, 0.1) is 0 Å².